The Balaban J connectivity index is 1.47. The first kappa shape index (κ1) is 18.5. The van der Waals surface area contributed by atoms with E-state index in [1.165, 1.54) is 45.2 Å². The number of para-hydroxylation sites is 1. The zero-order valence-corrected chi connectivity index (χ0v) is 17.5. The van der Waals surface area contributed by atoms with Crippen LogP contribution in [-0.2, 0) is 4.79 Å². The van der Waals surface area contributed by atoms with Gasteiger partial charge in [-0.15, -0.1) is 0 Å². The molecule has 3 aliphatic heterocycles. The fourth-order valence-corrected chi connectivity index (χ4v) is 6.33. The van der Waals surface area contributed by atoms with Crippen LogP contribution < -0.4 is 4.90 Å². The van der Waals surface area contributed by atoms with E-state index in [9.17, 15) is 4.79 Å². The molecule has 0 saturated carbocycles. The number of halogens is 1. The molecule has 2 aromatic carbocycles. The molecule has 2 atom stereocenters. The van der Waals surface area contributed by atoms with Gasteiger partial charge in [0.1, 0.15) is 0 Å². The van der Waals surface area contributed by atoms with E-state index in [0.717, 1.165) is 21.2 Å². The third-order valence-electron chi connectivity index (χ3n) is 6.40. The van der Waals surface area contributed by atoms with Crippen LogP contribution in [0.25, 0.3) is 0 Å². The van der Waals surface area contributed by atoms with Crippen LogP contribution in [0, 0.1) is 5.92 Å². The fraction of sp³-hybridized carbons (Fsp3) is 0.435. The maximum absolute atomic E-state index is 13.6. The molecule has 5 rings (SSSR count). The zero-order chi connectivity index (χ0) is 19.1. The lowest BCUT2D eigenvalue weighted by molar-refractivity contribution is -0.120. The third kappa shape index (κ3) is 3.36. The van der Waals surface area contributed by atoms with Gasteiger partial charge in [0, 0.05) is 27.3 Å². The first-order chi connectivity index (χ1) is 13.7. The molecule has 0 aliphatic carbocycles. The summed E-state index contributed by atoms with van der Waals surface area (Å²) in [5, 5.41) is 0.674. The molecule has 0 aromatic heterocycles. The van der Waals surface area contributed by atoms with Gasteiger partial charge < -0.3 is 4.90 Å². The number of anilines is 2. The maximum Gasteiger partial charge on any atom is 0.231 e. The number of piperidine rings is 2. The molecule has 0 bridgehead atoms. The molecule has 2 saturated heterocycles. The Kier molecular flexibility index (Phi) is 5.12. The zero-order valence-electron chi connectivity index (χ0n) is 15.9. The van der Waals surface area contributed by atoms with Gasteiger partial charge in [-0.1, -0.05) is 41.9 Å². The highest BCUT2D eigenvalue weighted by molar-refractivity contribution is 7.99. The van der Waals surface area contributed by atoms with E-state index < -0.39 is 0 Å². The summed E-state index contributed by atoms with van der Waals surface area (Å²) >= 11 is 8.02. The molecule has 0 N–H and O–H groups in total. The molecular formula is C23H25ClN2OS. The highest BCUT2D eigenvalue weighted by Crippen LogP contribution is 2.49. The molecule has 146 valence electrons. The van der Waals surface area contributed by atoms with Crippen LogP contribution >= 0.6 is 23.4 Å². The van der Waals surface area contributed by atoms with E-state index >= 15 is 0 Å². The van der Waals surface area contributed by atoms with Gasteiger partial charge in [-0.2, -0.15) is 0 Å². The maximum atomic E-state index is 13.6. The Bertz CT molecular complexity index is 900. The number of benzene rings is 2. The highest BCUT2D eigenvalue weighted by atomic mass is 35.5. The van der Waals surface area contributed by atoms with Gasteiger partial charge in [0.25, 0.3) is 0 Å². The number of carbonyl (C=O) groups is 1. The molecule has 3 heterocycles. The Hall–Kier alpha value is -1.49. The number of carbonyl (C=O) groups excluding carboxylic acids is 1. The van der Waals surface area contributed by atoms with Crippen molar-refractivity contribution in [1.82, 2.24) is 4.90 Å². The first-order valence-electron chi connectivity index (χ1n) is 10.3. The first-order valence-corrected chi connectivity index (χ1v) is 11.5. The van der Waals surface area contributed by atoms with E-state index in [4.69, 9.17) is 11.6 Å². The van der Waals surface area contributed by atoms with Gasteiger partial charge in [-0.25, -0.2) is 0 Å². The van der Waals surface area contributed by atoms with Crippen LogP contribution in [0.15, 0.2) is 52.3 Å². The number of amides is 1. The topological polar surface area (TPSA) is 23.6 Å². The van der Waals surface area contributed by atoms with Crippen LogP contribution in [0.2, 0.25) is 5.02 Å². The van der Waals surface area contributed by atoms with Crippen molar-refractivity contribution in [2.45, 2.75) is 54.4 Å². The summed E-state index contributed by atoms with van der Waals surface area (Å²) in [6.45, 7) is 2.41. The van der Waals surface area contributed by atoms with Crippen LogP contribution in [0.1, 0.15) is 38.5 Å². The molecule has 5 heteroatoms. The summed E-state index contributed by atoms with van der Waals surface area (Å²) in [4.78, 5) is 20.4. The second kappa shape index (κ2) is 7.74. The van der Waals surface area contributed by atoms with E-state index in [1.54, 1.807) is 11.8 Å². The number of rotatable bonds is 2. The Labute approximate surface area is 176 Å². The average Bonchev–Trinajstić information content (AvgIpc) is 2.72. The molecule has 0 radical (unpaired) electrons. The fourth-order valence-electron chi connectivity index (χ4n) is 5.13. The number of fused-ring (bicyclic) bond motifs is 3. The van der Waals surface area contributed by atoms with Crippen molar-refractivity contribution in [3.8, 4) is 0 Å². The molecule has 3 aliphatic rings. The minimum atomic E-state index is 0.202. The number of nitrogens with zero attached hydrogens (tertiary/aromatic N) is 2. The van der Waals surface area contributed by atoms with Gasteiger partial charge in [0.05, 0.1) is 11.4 Å². The average molecular weight is 413 g/mol. The van der Waals surface area contributed by atoms with Gasteiger partial charge in [0.15, 0.2) is 0 Å². The number of hydrogen-bond donors (Lipinski definition) is 0. The Morgan fingerprint density at radius 2 is 1.82 bits per heavy atom. The molecule has 0 spiro atoms. The molecule has 0 unspecified atom stereocenters. The molecule has 1 amide bonds. The van der Waals surface area contributed by atoms with Crippen LogP contribution in [0.4, 0.5) is 11.4 Å². The molecule has 3 nitrogen and oxygen atoms in total. The SMILES string of the molecule is O=C(C[C@@H]1CCCN2CCCC[C@H]12)N1c2ccccc2Sc2ccc(Cl)cc21. The van der Waals surface area contributed by atoms with Gasteiger partial charge in [0.2, 0.25) is 5.91 Å². The molecule has 2 aromatic rings. The van der Waals surface area contributed by atoms with E-state index in [0.29, 0.717) is 23.4 Å². The monoisotopic (exact) mass is 412 g/mol. The number of hydrogen-bond acceptors (Lipinski definition) is 3. The quantitative estimate of drug-likeness (QED) is 0.593. The smallest absolute Gasteiger partial charge is 0.231 e. The largest absolute Gasteiger partial charge is 0.300 e. The molecular weight excluding hydrogens is 388 g/mol. The highest BCUT2D eigenvalue weighted by Gasteiger charge is 2.36. The molecule has 28 heavy (non-hydrogen) atoms. The van der Waals surface area contributed by atoms with Crippen LogP contribution in [-0.4, -0.2) is 29.9 Å². The summed E-state index contributed by atoms with van der Waals surface area (Å²) in [7, 11) is 0. The van der Waals surface area contributed by atoms with Crippen molar-refractivity contribution in [3.63, 3.8) is 0 Å². The lowest BCUT2D eigenvalue weighted by Gasteiger charge is -2.44. The summed E-state index contributed by atoms with van der Waals surface area (Å²) in [6, 6.07) is 14.7. The van der Waals surface area contributed by atoms with Crippen molar-refractivity contribution < 1.29 is 4.79 Å². The van der Waals surface area contributed by atoms with E-state index in [2.05, 4.69) is 17.0 Å². The third-order valence-corrected chi connectivity index (χ3v) is 7.77. The standard InChI is InChI=1S/C23H25ClN2OS/c24-17-10-11-22-20(15-17)26(19-8-1-2-9-21(19)28-22)23(27)14-16-6-5-13-25-12-4-3-7-18(16)25/h1-2,8-11,15-16,18H,3-7,12-14H2/t16-,18+/m0/s1. The minimum absolute atomic E-state index is 0.202. The Morgan fingerprint density at radius 1 is 1.00 bits per heavy atom. The van der Waals surface area contributed by atoms with Gasteiger partial charge in [-0.3, -0.25) is 9.69 Å². The van der Waals surface area contributed by atoms with E-state index in [1.807, 2.05) is 35.2 Å². The lowest BCUT2D eigenvalue weighted by Crippen LogP contribution is -2.49. The second-order valence-corrected chi connectivity index (χ2v) is 9.64. The van der Waals surface area contributed by atoms with Crippen molar-refractivity contribution >= 4 is 40.6 Å². The summed E-state index contributed by atoms with van der Waals surface area (Å²) < 4.78 is 0. The van der Waals surface area contributed by atoms with Gasteiger partial charge >= 0.3 is 0 Å². The van der Waals surface area contributed by atoms with Gasteiger partial charge in [-0.05, 0) is 75.0 Å². The second-order valence-electron chi connectivity index (χ2n) is 8.12. The normalized spacial score (nSPS) is 24.2. The predicted molar refractivity (Wildman–Crippen MR) is 116 cm³/mol. The molecule has 2 fully saturated rings. The lowest BCUT2D eigenvalue weighted by atomic mass is 9.81. The van der Waals surface area contributed by atoms with Crippen LogP contribution in [0.3, 0.4) is 0 Å². The van der Waals surface area contributed by atoms with Crippen molar-refractivity contribution in [3.05, 3.63) is 47.5 Å². The minimum Gasteiger partial charge on any atom is -0.300 e. The van der Waals surface area contributed by atoms with Crippen molar-refractivity contribution in [1.29, 1.82) is 0 Å². The van der Waals surface area contributed by atoms with Crippen molar-refractivity contribution in [2.75, 3.05) is 18.0 Å². The van der Waals surface area contributed by atoms with Crippen molar-refractivity contribution in [2.24, 2.45) is 5.92 Å². The summed E-state index contributed by atoms with van der Waals surface area (Å²) in [5.74, 6) is 0.666. The summed E-state index contributed by atoms with van der Waals surface area (Å²) in [5.41, 5.74) is 1.92. The van der Waals surface area contributed by atoms with Crippen LogP contribution in [0.5, 0.6) is 0 Å². The predicted octanol–water partition coefficient (Wildman–Crippen LogP) is 6.12. The Morgan fingerprint density at radius 3 is 2.75 bits per heavy atom. The van der Waals surface area contributed by atoms with E-state index in [-0.39, 0.29) is 5.91 Å². The summed E-state index contributed by atoms with van der Waals surface area (Å²) in [6.07, 6.45) is 6.84.